The summed E-state index contributed by atoms with van der Waals surface area (Å²) in [6.45, 7) is 0. The molecule has 14 heavy (non-hydrogen) atoms. The summed E-state index contributed by atoms with van der Waals surface area (Å²) in [5, 5.41) is 0. The molecule has 0 aromatic heterocycles. The van der Waals surface area contributed by atoms with Gasteiger partial charge in [-0.15, -0.1) is 0 Å². The normalized spacial score (nSPS) is 19.1. The van der Waals surface area contributed by atoms with Crippen molar-refractivity contribution in [3.63, 3.8) is 0 Å². The zero-order chi connectivity index (χ0) is 10.1. The maximum absolute atomic E-state index is 11.6. The standard InChI is InChI=1S/C10H8N2O2/c1-12-8-5-3-2-4-7(8)9(10(12)14)11-6-13/h2-5,9H,1H3/t9-/m0/s1. The Bertz CT molecular complexity index is 436. The molecule has 0 radical (unpaired) electrons. The molecule has 1 atom stereocenters. The lowest BCUT2D eigenvalue weighted by molar-refractivity contribution is -0.118. The number of isocyanates is 1. The van der Waals surface area contributed by atoms with E-state index in [-0.39, 0.29) is 5.91 Å². The first-order valence-electron chi connectivity index (χ1n) is 4.19. The zero-order valence-corrected chi connectivity index (χ0v) is 7.60. The third-order valence-electron chi connectivity index (χ3n) is 2.34. The van der Waals surface area contributed by atoms with Crippen LogP contribution < -0.4 is 4.90 Å². The number of aliphatic imine (C=N–C) groups is 1. The van der Waals surface area contributed by atoms with Crippen LogP contribution in [0.3, 0.4) is 0 Å². The second-order valence-corrected chi connectivity index (χ2v) is 3.08. The SMILES string of the molecule is CN1C(=O)[C@@H](N=C=O)c2ccccc21. The Labute approximate surface area is 80.9 Å². The van der Waals surface area contributed by atoms with E-state index in [2.05, 4.69) is 4.99 Å². The number of carbonyl (C=O) groups is 1. The van der Waals surface area contributed by atoms with Crippen molar-refractivity contribution >= 4 is 17.7 Å². The Morgan fingerprint density at radius 2 is 2.14 bits per heavy atom. The zero-order valence-electron chi connectivity index (χ0n) is 7.60. The van der Waals surface area contributed by atoms with E-state index in [4.69, 9.17) is 0 Å². The molecule has 1 amide bonds. The van der Waals surface area contributed by atoms with Gasteiger partial charge in [-0.05, 0) is 6.07 Å². The fourth-order valence-electron chi connectivity index (χ4n) is 1.64. The molecule has 1 aromatic rings. The van der Waals surface area contributed by atoms with Gasteiger partial charge in [0.05, 0.1) is 0 Å². The predicted molar refractivity (Wildman–Crippen MR) is 50.7 cm³/mol. The maximum Gasteiger partial charge on any atom is 0.257 e. The van der Waals surface area contributed by atoms with Crippen molar-refractivity contribution in [3.05, 3.63) is 29.8 Å². The average Bonchev–Trinajstić information content (AvgIpc) is 2.45. The second kappa shape index (κ2) is 3.09. The van der Waals surface area contributed by atoms with Gasteiger partial charge < -0.3 is 4.90 Å². The predicted octanol–water partition coefficient (Wildman–Crippen LogP) is 1.04. The van der Waals surface area contributed by atoms with Crippen LogP contribution in [0.25, 0.3) is 0 Å². The molecule has 1 aromatic carbocycles. The topological polar surface area (TPSA) is 49.7 Å². The summed E-state index contributed by atoms with van der Waals surface area (Å²) < 4.78 is 0. The largest absolute Gasteiger partial charge is 0.313 e. The van der Waals surface area contributed by atoms with E-state index >= 15 is 0 Å². The summed E-state index contributed by atoms with van der Waals surface area (Å²) in [7, 11) is 1.67. The summed E-state index contributed by atoms with van der Waals surface area (Å²) in [6.07, 6.45) is 1.43. The van der Waals surface area contributed by atoms with E-state index in [1.165, 1.54) is 11.0 Å². The lowest BCUT2D eigenvalue weighted by Crippen LogP contribution is -2.23. The molecule has 1 aliphatic heterocycles. The van der Waals surface area contributed by atoms with E-state index in [9.17, 15) is 9.59 Å². The molecule has 4 heteroatoms. The lowest BCUT2D eigenvalue weighted by Gasteiger charge is -2.08. The van der Waals surface area contributed by atoms with E-state index < -0.39 is 6.04 Å². The molecule has 0 N–H and O–H groups in total. The van der Waals surface area contributed by atoms with Gasteiger partial charge in [-0.3, -0.25) is 4.79 Å². The molecule has 1 heterocycles. The smallest absolute Gasteiger partial charge is 0.257 e. The molecule has 0 bridgehead atoms. The van der Waals surface area contributed by atoms with E-state index in [1.807, 2.05) is 18.2 Å². The van der Waals surface area contributed by atoms with Crippen LogP contribution in [0.5, 0.6) is 0 Å². The lowest BCUT2D eigenvalue weighted by atomic mass is 10.1. The van der Waals surface area contributed by atoms with Crippen molar-refractivity contribution < 1.29 is 9.59 Å². The molecule has 70 valence electrons. The van der Waals surface area contributed by atoms with Crippen LogP contribution in [0.1, 0.15) is 11.6 Å². The highest BCUT2D eigenvalue weighted by Crippen LogP contribution is 2.36. The van der Waals surface area contributed by atoms with Gasteiger partial charge >= 0.3 is 0 Å². The number of nitrogens with zero attached hydrogens (tertiary/aromatic N) is 2. The highest BCUT2D eigenvalue weighted by atomic mass is 16.2. The van der Waals surface area contributed by atoms with Gasteiger partial charge in [0, 0.05) is 18.3 Å². The average molecular weight is 188 g/mol. The summed E-state index contributed by atoms with van der Waals surface area (Å²) in [5.74, 6) is -0.186. The molecular weight excluding hydrogens is 180 g/mol. The van der Waals surface area contributed by atoms with Crippen LogP contribution in [0.2, 0.25) is 0 Å². The maximum atomic E-state index is 11.6. The van der Waals surface area contributed by atoms with Crippen molar-refractivity contribution in [2.24, 2.45) is 4.99 Å². The number of anilines is 1. The van der Waals surface area contributed by atoms with Gasteiger partial charge in [0.15, 0.2) is 6.04 Å². The quantitative estimate of drug-likeness (QED) is 0.488. The fourth-order valence-corrected chi connectivity index (χ4v) is 1.64. The van der Waals surface area contributed by atoms with E-state index in [1.54, 1.807) is 13.1 Å². The van der Waals surface area contributed by atoms with Crippen molar-refractivity contribution in [1.82, 2.24) is 0 Å². The minimum absolute atomic E-state index is 0.186. The molecule has 1 aliphatic rings. The molecule has 0 saturated heterocycles. The fraction of sp³-hybridized carbons (Fsp3) is 0.200. The monoisotopic (exact) mass is 188 g/mol. The van der Waals surface area contributed by atoms with Crippen LogP contribution in [0, 0.1) is 0 Å². The van der Waals surface area contributed by atoms with Gasteiger partial charge in [0.25, 0.3) is 5.91 Å². The Morgan fingerprint density at radius 1 is 1.43 bits per heavy atom. The van der Waals surface area contributed by atoms with Crippen LogP contribution in [0.15, 0.2) is 29.3 Å². The minimum atomic E-state index is -0.700. The highest BCUT2D eigenvalue weighted by molar-refractivity contribution is 6.04. The first-order chi connectivity index (χ1) is 6.75. The Balaban J connectivity index is 2.58. The number of carbonyl (C=O) groups excluding carboxylic acids is 2. The number of hydrogen-bond acceptors (Lipinski definition) is 3. The van der Waals surface area contributed by atoms with Crippen LogP contribution >= 0.6 is 0 Å². The third kappa shape index (κ3) is 1.05. The number of rotatable bonds is 1. The minimum Gasteiger partial charge on any atom is -0.313 e. The number of fused-ring (bicyclic) bond motifs is 1. The number of para-hydroxylation sites is 1. The van der Waals surface area contributed by atoms with Crippen molar-refractivity contribution in [1.29, 1.82) is 0 Å². The molecule has 0 aliphatic carbocycles. The third-order valence-corrected chi connectivity index (χ3v) is 2.34. The number of hydrogen-bond donors (Lipinski definition) is 0. The number of likely N-dealkylation sites (N-methyl/N-ethyl adjacent to an activating group) is 1. The molecular formula is C10H8N2O2. The summed E-state index contributed by atoms with van der Waals surface area (Å²) in [5.41, 5.74) is 1.57. The van der Waals surface area contributed by atoms with Crippen molar-refractivity contribution in [3.8, 4) is 0 Å². The molecule has 4 nitrogen and oxygen atoms in total. The Hall–Kier alpha value is -1.93. The molecule has 0 fully saturated rings. The van der Waals surface area contributed by atoms with Gasteiger partial charge in [0.1, 0.15) is 0 Å². The van der Waals surface area contributed by atoms with Crippen LogP contribution in [-0.4, -0.2) is 19.0 Å². The van der Waals surface area contributed by atoms with Gasteiger partial charge in [-0.2, -0.15) is 4.99 Å². The first kappa shape index (κ1) is 8.66. The summed E-state index contributed by atoms with van der Waals surface area (Å²) in [6, 6.07) is 6.58. The first-order valence-corrected chi connectivity index (χ1v) is 4.19. The van der Waals surface area contributed by atoms with Crippen molar-refractivity contribution in [2.45, 2.75) is 6.04 Å². The number of amides is 1. The molecule has 2 rings (SSSR count). The number of benzene rings is 1. The van der Waals surface area contributed by atoms with Crippen LogP contribution in [0.4, 0.5) is 5.69 Å². The van der Waals surface area contributed by atoms with Crippen molar-refractivity contribution in [2.75, 3.05) is 11.9 Å². The highest BCUT2D eigenvalue weighted by Gasteiger charge is 2.34. The molecule has 0 unspecified atom stereocenters. The van der Waals surface area contributed by atoms with Crippen LogP contribution in [-0.2, 0) is 9.59 Å². The van der Waals surface area contributed by atoms with Gasteiger partial charge in [0.2, 0.25) is 6.08 Å². The van der Waals surface area contributed by atoms with Gasteiger partial charge in [-0.25, -0.2) is 4.79 Å². The Kier molecular flexibility index (Phi) is 1.91. The molecule has 0 saturated carbocycles. The summed E-state index contributed by atoms with van der Waals surface area (Å²) >= 11 is 0. The molecule has 0 spiro atoms. The van der Waals surface area contributed by atoms with Gasteiger partial charge in [-0.1, -0.05) is 18.2 Å². The van der Waals surface area contributed by atoms with E-state index in [0.29, 0.717) is 0 Å². The Morgan fingerprint density at radius 3 is 2.86 bits per heavy atom. The second-order valence-electron chi connectivity index (χ2n) is 3.08. The van der Waals surface area contributed by atoms with E-state index in [0.717, 1.165) is 11.3 Å². The summed E-state index contributed by atoms with van der Waals surface area (Å²) in [4.78, 5) is 26.8.